The number of fused-ring (bicyclic) bond motifs is 1. The van der Waals surface area contributed by atoms with Crippen molar-refractivity contribution in [2.45, 2.75) is 20.3 Å². The van der Waals surface area contributed by atoms with E-state index in [1.807, 2.05) is 0 Å². The Balaban J connectivity index is 2.10. The lowest BCUT2D eigenvalue weighted by molar-refractivity contribution is -0.114. The highest BCUT2D eigenvalue weighted by Crippen LogP contribution is 2.21. The van der Waals surface area contributed by atoms with Crippen molar-refractivity contribution in [3.8, 4) is 0 Å². The van der Waals surface area contributed by atoms with Crippen LogP contribution in [0.4, 0.5) is 0 Å². The third kappa shape index (κ3) is 2.17. The number of rotatable bonds is 3. The number of allylic oxidation sites excluding steroid dienone is 2. The average molecular weight is 205 g/mol. The predicted molar refractivity (Wildman–Crippen MR) is 58.9 cm³/mol. The van der Waals surface area contributed by atoms with Gasteiger partial charge < -0.3 is 4.74 Å². The van der Waals surface area contributed by atoms with Crippen LogP contribution >= 0.6 is 0 Å². The molecule has 80 valence electrons. The third-order valence-electron chi connectivity index (χ3n) is 2.38. The summed E-state index contributed by atoms with van der Waals surface area (Å²) in [5, 5.41) is 0. The molecule has 15 heavy (non-hydrogen) atoms. The molecule has 0 saturated carbocycles. The Labute approximate surface area is 89.5 Å². The van der Waals surface area contributed by atoms with Gasteiger partial charge in [-0.2, -0.15) is 0 Å². The minimum atomic E-state index is -0.0218. The SMILES string of the molecule is CC(C)COC1=CC2=NCCC2=CC1=O. The first-order valence-electron chi connectivity index (χ1n) is 5.31. The summed E-state index contributed by atoms with van der Waals surface area (Å²) in [6.45, 7) is 5.49. The Morgan fingerprint density at radius 3 is 3.00 bits per heavy atom. The first-order valence-corrected chi connectivity index (χ1v) is 5.31. The van der Waals surface area contributed by atoms with Crippen molar-refractivity contribution in [3.05, 3.63) is 23.5 Å². The van der Waals surface area contributed by atoms with Crippen LogP contribution in [0.5, 0.6) is 0 Å². The van der Waals surface area contributed by atoms with Gasteiger partial charge in [-0.1, -0.05) is 13.8 Å². The van der Waals surface area contributed by atoms with Gasteiger partial charge in [-0.15, -0.1) is 0 Å². The summed E-state index contributed by atoms with van der Waals surface area (Å²) in [4.78, 5) is 15.9. The first kappa shape index (κ1) is 10.1. The molecule has 1 aliphatic carbocycles. The summed E-state index contributed by atoms with van der Waals surface area (Å²) in [7, 11) is 0. The number of hydrogen-bond donors (Lipinski definition) is 0. The highest BCUT2D eigenvalue weighted by molar-refractivity contribution is 6.21. The summed E-state index contributed by atoms with van der Waals surface area (Å²) in [5.74, 6) is 0.842. The van der Waals surface area contributed by atoms with Crippen molar-refractivity contribution in [2.75, 3.05) is 13.2 Å². The molecule has 2 aliphatic rings. The molecule has 0 saturated heterocycles. The van der Waals surface area contributed by atoms with E-state index in [4.69, 9.17) is 4.74 Å². The van der Waals surface area contributed by atoms with Crippen molar-refractivity contribution >= 4 is 11.5 Å². The van der Waals surface area contributed by atoms with Gasteiger partial charge in [0.05, 0.1) is 12.3 Å². The van der Waals surface area contributed by atoms with Gasteiger partial charge >= 0.3 is 0 Å². The fourth-order valence-corrected chi connectivity index (χ4v) is 1.60. The van der Waals surface area contributed by atoms with Crippen LogP contribution in [-0.4, -0.2) is 24.6 Å². The molecular weight excluding hydrogens is 190 g/mol. The van der Waals surface area contributed by atoms with Crippen molar-refractivity contribution in [1.29, 1.82) is 0 Å². The van der Waals surface area contributed by atoms with E-state index in [-0.39, 0.29) is 5.78 Å². The van der Waals surface area contributed by atoms with Gasteiger partial charge in [0, 0.05) is 12.6 Å². The van der Waals surface area contributed by atoms with Crippen LogP contribution in [0.1, 0.15) is 20.3 Å². The number of ether oxygens (including phenoxy) is 1. The average Bonchev–Trinajstić information content (AvgIpc) is 2.60. The molecule has 0 radical (unpaired) electrons. The largest absolute Gasteiger partial charge is 0.489 e. The minimum absolute atomic E-state index is 0.0218. The summed E-state index contributed by atoms with van der Waals surface area (Å²) >= 11 is 0. The molecule has 1 aliphatic heterocycles. The van der Waals surface area contributed by atoms with E-state index in [0.29, 0.717) is 18.3 Å². The number of carbonyl (C=O) groups is 1. The molecule has 0 aromatic heterocycles. The van der Waals surface area contributed by atoms with E-state index in [1.165, 1.54) is 0 Å². The molecule has 0 aromatic rings. The number of aliphatic imine (C=N–C) groups is 1. The van der Waals surface area contributed by atoms with Crippen molar-refractivity contribution < 1.29 is 9.53 Å². The lowest BCUT2D eigenvalue weighted by Crippen LogP contribution is -2.15. The topological polar surface area (TPSA) is 38.7 Å². The number of carbonyl (C=O) groups excluding carboxylic acids is 1. The molecule has 3 heteroatoms. The van der Waals surface area contributed by atoms with Crippen molar-refractivity contribution in [3.63, 3.8) is 0 Å². The number of hydrogen-bond acceptors (Lipinski definition) is 3. The molecule has 0 fully saturated rings. The maximum Gasteiger partial charge on any atom is 0.220 e. The zero-order valence-corrected chi connectivity index (χ0v) is 9.12. The monoisotopic (exact) mass is 205 g/mol. The molecule has 1 heterocycles. The summed E-state index contributed by atoms with van der Waals surface area (Å²) < 4.78 is 5.45. The molecule has 0 N–H and O–H groups in total. The molecule has 2 rings (SSSR count). The number of nitrogens with zero attached hydrogens (tertiary/aromatic N) is 1. The van der Waals surface area contributed by atoms with Crippen LogP contribution in [0.25, 0.3) is 0 Å². The van der Waals surface area contributed by atoms with Gasteiger partial charge in [0.25, 0.3) is 0 Å². The second-order valence-corrected chi connectivity index (χ2v) is 4.26. The normalized spacial score (nSPS) is 19.7. The molecule has 0 spiro atoms. The van der Waals surface area contributed by atoms with Crippen LogP contribution in [0, 0.1) is 5.92 Å². The Morgan fingerprint density at radius 1 is 1.47 bits per heavy atom. The lowest BCUT2D eigenvalue weighted by atomic mass is 10.0. The Bertz CT molecular complexity index is 375. The Hall–Kier alpha value is -1.38. The third-order valence-corrected chi connectivity index (χ3v) is 2.38. The van der Waals surface area contributed by atoms with Gasteiger partial charge in [-0.3, -0.25) is 9.79 Å². The first-order chi connectivity index (χ1) is 7.16. The van der Waals surface area contributed by atoms with E-state index in [2.05, 4.69) is 18.8 Å². The second kappa shape index (κ2) is 4.01. The zero-order chi connectivity index (χ0) is 10.8. The molecule has 0 amide bonds. The van der Waals surface area contributed by atoms with Gasteiger partial charge in [-0.25, -0.2) is 0 Å². The smallest absolute Gasteiger partial charge is 0.220 e. The molecule has 0 unspecified atom stereocenters. The van der Waals surface area contributed by atoms with Crippen LogP contribution in [0.3, 0.4) is 0 Å². The van der Waals surface area contributed by atoms with E-state index >= 15 is 0 Å². The molecule has 3 nitrogen and oxygen atoms in total. The number of ketones is 1. The fraction of sp³-hybridized carbons (Fsp3) is 0.500. The summed E-state index contributed by atoms with van der Waals surface area (Å²) in [6, 6.07) is 0. The van der Waals surface area contributed by atoms with Crippen molar-refractivity contribution in [2.24, 2.45) is 10.9 Å². The van der Waals surface area contributed by atoms with Gasteiger partial charge in [-0.05, 0) is 24.0 Å². The van der Waals surface area contributed by atoms with Crippen molar-refractivity contribution in [1.82, 2.24) is 0 Å². The van der Waals surface area contributed by atoms with Crippen LogP contribution < -0.4 is 0 Å². The summed E-state index contributed by atoms with van der Waals surface area (Å²) in [5.41, 5.74) is 1.98. The lowest BCUT2D eigenvalue weighted by Gasteiger charge is -2.13. The highest BCUT2D eigenvalue weighted by atomic mass is 16.5. The molecule has 0 bridgehead atoms. The van der Waals surface area contributed by atoms with E-state index in [0.717, 1.165) is 24.3 Å². The molecular formula is C12H15NO2. The van der Waals surface area contributed by atoms with Gasteiger partial charge in [0.2, 0.25) is 5.78 Å². The van der Waals surface area contributed by atoms with E-state index < -0.39 is 0 Å². The van der Waals surface area contributed by atoms with E-state index in [9.17, 15) is 4.79 Å². The van der Waals surface area contributed by atoms with Crippen LogP contribution in [0.15, 0.2) is 28.5 Å². The second-order valence-electron chi connectivity index (χ2n) is 4.26. The Morgan fingerprint density at radius 2 is 2.27 bits per heavy atom. The fourth-order valence-electron chi connectivity index (χ4n) is 1.60. The molecule has 0 aromatic carbocycles. The minimum Gasteiger partial charge on any atom is -0.489 e. The van der Waals surface area contributed by atoms with E-state index in [1.54, 1.807) is 12.2 Å². The predicted octanol–water partition coefficient (Wildman–Crippen LogP) is 1.90. The maximum absolute atomic E-state index is 11.6. The Kier molecular flexibility index (Phi) is 2.71. The maximum atomic E-state index is 11.6. The standard InChI is InChI=1S/C12H15NO2/c1-8(2)7-15-12-6-10-9(3-4-13-10)5-11(12)14/h5-6,8H,3-4,7H2,1-2H3. The summed E-state index contributed by atoms with van der Waals surface area (Å²) in [6.07, 6.45) is 4.31. The zero-order valence-electron chi connectivity index (χ0n) is 9.12. The molecule has 0 atom stereocenters. The van der Waals surface area contributed by atoms with Crippen LogP contribution in [0.2, 0.25) is 0 Å². The van der Waals surface area contributed by atoms with Gasteiger partial charge in [0.15, 0.2) is 5.76 Å². The quantitative estimate of drug-likeness (QED) is 0.660. The van der Waals surface area contributed by atoms with Crippen LogP contribution in [-0.2, 0) is 9.53 Å². The highest BCUT2D eigenvalue weighted by Gasteiger charge is 2.22. The van der Waals surface area contributed by atoms with Gasteiger partial charge in [0.1, 0.15) is 0 Å².